The summed E-state index contributed by atoms with van der Waals surface area (Å²) in [4.78, 5) is 0. The molecule has 0 fully saturated rings. The zero-order valence-corrected chi connectivity index (χ0v) is 16.2. The highest BCUT2D eigenvalue weighted by Crippen LogP contribution is 2.24. The Bertz CT molecular complexity index is 819. The molecule has 27 heavy (non-hydrogen) atoms. The van der Waals surface area contributed by atoms with E-state index in [4.69, 9.17) is 9.47 Å². The molecule has 140 valence electrons. The fourth-order valence-electron chi connectivity index (χ4n) is 2.68. The number of hydrogen-bond acceptors (Lipinski definition) is 3. The highest BCUT2D eigenvalue weighted by molar-refractivity contribution is 5.47. The summed E-state index contributed by atoms with van der Waals surface area (Å²) >= 11 is 0. The Kier molecular flexibility index (Phi) is 6.02. The summed E-state index contributed by atoms with van der Waals surface area (Å²) in [5.41, 5.74) is 2.52. The highest BCUT2D eigenvalue weighted by atomic mass is 16.5. The minimum Gasteiger partial charge on any atom is -0.492 e. The van der Waals surface area contributed by atoms with Crippen LogP contribution >= 0.6 is 0 Å². The molecule has 3 aromatic rings. The monoisotopic (exact) mass is 361 g/mol. The van der Waals surface area contributed by atoms with Crippen LogP contribution in [0.4, 0.5) is 5.69 Å². The molecule has 3 heteroatoms. The third-order valence-corrected chi connectivity index (χ3v) is 4.25. The second-order valence-electron chi connectivity index (χ2n) is 7.49. The van der Waals surface area contributed by atoms with Crippen LogP contribution in [0.1, 0.15) is 26.3 Å². The fourth-order valence-corrected chi connectivity index (χ4v) is 2.68. The van der Waals surface area contributed by atoms with Gasteiger partial charge in [0.05, 0.1) is 0 Å². The molecule has 0 unspecified atom stereocenters. The van der Waals surface area contributed by atoms with E-state index in [-0.39, 0.29) is 5.41 Å². The van der Waals surface area contributed by atoms with Crippen LogP contribution in [0.2, 0.25) is 0 Å². The van der Waals surface area contributed by atoms with Gasteiger partial charge in [0.25, 0.3) is 0 Å². The largest absolute Gasteiger partial charge is 0.492 e. The molecule has 3 nitrogen and oxygen atoms in total. The van der Waals surface area contributed by atoms with Crippen LogP contribution in [0.3, 0.4) is 0 Å². The number of hydrogen-bond donors (Lipinski definition) is 1. The zero-order valence-electron chi connectivity index (χ0n) is 16.2. The van der Waals surface area contributed by atoms with Crippen LogP contribution in [0.5, 0.6) is 17.2 Å². The molecule has 0 aliphatic carbocycles. The van der Waals surface area contributed by atoms with Gasteiger partial charge in [0.2, 0.25) is 0 Å². The summed E-state index contributed by atoms with van der Waals surface area (Å²) in [7, 11) is 0. The molecule has 0 aliphatic rings. The van der Waals surface area contributed by atoms with Crippen LogP contribution in [0, 0.1) is 0 Å². The number of nitrogens with one attached hydrogen (secondary N) is 1. The third-order valence-electron chi connectivity index (χ3n) is 4.25. The van der Waals surface area contributed by atoms with Crippen molar-refractivity contribution < 1.29 is 9.47 Å². The summed E-state index contributed by atoms with van der Waals surface area (Å²) in [5, 5.41) is 3.36. The standard InChI is InChI=1S/C24H27NO2/c1-24(2,3)19-9-13-21(14-10-19)26-18-17-25-20-11-15-23(16-12-20)27-22-7-5-4-6-8-22/h4-16,25H,17-18H2,1-3H3. The van der Waals surface area contributed by atoms with E-state index >= 15 is 0 Å². The molecule has 0 atom stereocenters. The lowest BCUT2D eigenvalue weighted by atomic mass is 9.87. The van der Waals surface area contributed by atoms with Gasteiger partial charge in [-0.1, -0.05) is 51.1 Å². The molecule has 3 rings (SSSR count). The average molecular weight is 361 g/mol. The molecular weight excluding hydrogens is 334 g/mol. The van der Waals surface area contributed by atoms with Crippen molar-refractivity contribution >= 4 is 5.69 Å². The van der Waals surface area contributed by atoms with E-state index in [1.807, 2.05) is 66.7 Å². The van der Waals surface area contributed by atoms with E-state index < -0.39 is 0 Å². The molecule has 0 saturated carbocycles. The van der Waals surface area contributed by atoms with Crippen molar-refractivity contribution in [3.63, 3.8) is 0 Å². The topological polar surface area (TPSA) is 30.5 Å². The van der Waals surface area contributed by atoms with Gasteiger partial charge < -0.3 is 14.8 Å². The van der Waals surface area contributed by atoms with E-state index in [1.54, 1.807) is 0 Å². The molecule has 0 bridgehead atoms. The van der Waals surface area contributed by atoms with E-state index in [2.05, 4.69) is 38.2 Å². The first kappa shape index (κ1) is 18.8. The molecule has 0 amide bonds. The summed E-state index contributed by atoms with van der Waals surface area (Å²) in [5.74, 6) is 2.56. The van der Waals surface area contributed by atoms with Gasteiger partial charge in [0, 0.05) is 12.2 Å². The SMILES string of the molecule is CC(C)(C)c1ccc(OCCNc2ccc(Oc3ccccc3)cc2)cc1. The quantitative estimate of drug-likeness (QED) is 0.503. The van der Waals surface area contributed by atoms with Crippen LogP contribution in [-0.2, 0) is 5.41 Å². The van der Waals surface area contributed by atoms with E-state index in [9.17, 15) is 0 Å². The van der Waals surface area contributed by atoms with Crippen LogP contribution in [0.15, 0.2) is 78.9 Å². The van der Waals surface area contributed by atoms with E-state index in [0.717, 1.165) is 29.5 Å². The van der Waals surface area contributed by atoms with E-state index in [1.165, 1.54) is 5.56 Å². The number of anilines is 1. The van der Waals surface area contributed by atoms with Gasteiger partial charge in [-0.2, -0.15) is 0 Å². The first-order valence-corrected chi connectivity index (χ1v) is 9.31. The second kappa shape index (κ2) is 8.63. The van der Waals surface area contributed by atoms with Crippen LogP contribution in [0.25, 0.3) is 0 Å². The number of ether oxygens (including phenoxy) is 2. The minimum absolute atomic E-state index is 0.163. The highest BCUT2D eigenvalue weighted by Gasteiger charge is 2.12. The molecule has 0 aromatic heterocycles. The normalized spacial score (nSPS) is 11.1. The predicted molar refractivity (Wildman–Crippen MR) is 112 cm³/mol. The zero-order chi connectivity index (χ0) is 19.1. The molecule has 0 spiro atoms. The van der Waals surface area contributed by atoms with Gasteiger partial charge >= 0.3 is 0 Å². The van der Waals surface area contributed by atoms with Crippen molar-refractivity contribution in [1.29, 1.82) is 0 Å². The number of benzene rings is 3. The maximum atomic E-state index is 5.81. The molecule has 1 N–H and O–H groups in total. The Balaban J connectivity index is 1.42. The molecule has 0 radical (unpaired) electrons. The average Bonchev–Trinajstić information content (AvgIpc) is 2.67. The third kappa shape index (κ3) is 5.78. The van der Waals surface area contributed by atoms with Gasteiger partial charge in [-0.25, -0.2) is 0 Å². The van der Waals surface area contributed by atoms with Crippen molar-refractivity contribution in [2.24, 2.45) is 0 Å². The number of para-hydroxylation sites is 1. The first-order valence-electron chi connectivity index (χ1n) is 9.31. The van der Waals surface area contributed by atoms with Crippen LogP contribution < -0.4 is 14.8 Å². The van der Waals surface area contributed by atoms with Gasteiger partial charge in [-0.3, -0.25) is 0 Å². The number of rotatable bonds is 7. The molecule has 3 aromatic carbocycles. The van der Waals surface area contributed by atoms with Gasteiger partial charge in [-0.15, -0.1) is 0 Å². The Morgan fingerprint density at radius 1 is 0.704 bits per heavy atom. The van der Waals surface area contributed by atoms with Gasteiger partial charge in [-0.05, 0) is 59.5 Å². The van der Waals surface area contributed by atoms with Crippen molar-refractivity contribution in [3.05, 3.63) is 84.4 Å². The predicted octanol–water partition coefficient (Wildman–Crippen LogP) is 6.27. The smallest absolute Gasteiger partial charge is 0.127 e. The Hall–Kier alpha value is -2.94. The van der Waals surface area contributed by atoms with Crippen molar-refractivity contribution in [3.8, 4) is 17.2 Å². The Morgan fingerprint density at radius 2 is 1.30 bits per heavy atom. The lowest BCUT2D eigenvalue weighted by molar-refractivity contribution is 0.332. The lowest BCUT2D eigenvalue weighted by Crippen LogP contribution is -2.12. The molecular formula is C24H27NO2. The fraction of sp³-hybridized carbons (Fsp3) is 0.250. The summed E-state index contributed by atoms with van der Waals surface area (Å²) in [6, 6.07) is 26.1. The molecule has 0 aliphatic heterocycles. The van der Waals surface area contributed by atoms with Gasteiger partial charge in [0.1, 0.15) is 23.9 Å². The summed E-state index contributed by atoms with van der Waals surface area (Å²) < 4.78 is 11.6. The second-order valence-corrected chi connectivity index (χ2v) is 7.49. The van der Waals surface area contributed by atoms with Gasteiger partial charge in [0.15, 0.2) is 0 Å². The Morgan fingerprint density at radius 3 is 1.93 bits per heavy atom. The lowest BCUT2D eigenvalue weighted by Gasteiger charge is -2.19. The van der Waals surface area contributed by atoms with Crippen molar-refractivity contribution in [1.82, 2.24) is 0 Å². The summed E-state index contributed by atoms with van der Waals surface area (Å²) in [6.07, 6.45) is 0. The summed E-state index contributed by atoms with van der Waals surface area (Å²) in [6.45, 7) is 7.98. The molecule has 0 saturated heterocycles. The maximum Gasteiger partial charge on any atom is 0.127 e. The maximum absolute atomic E-state index is 5.81. The Labute approximate surface area is 162 Å². The molecule has 0 heterocycles. The van der Waals surface area contributed by atoms with Crippen molar-refractivity contribution in [2.45, 2.75) is 26.2 Å². The minimum atomic E-state index is 0.163. The van der Waals surface area contributed by atoms with Crippen molar-refractivity contribution in [2.75, 3.05) is 18.5 Å². The van der Waals surface area contributed by atoms with E-state index in [0.29, 0.717) is 6.61 Å². The first-order chi connectivity index (χ1) is 13.0. The van der Waals surface area contributed by atoms with Crippen LogP contribution in [-0.4, -0.2) is 13.2 Å².